The highest BCUT2D eigenvalue weighted by atomic mass is 32.2. The van der Waals surface area contributed by atoms with E-state index in [4.69, 9.17) is 0 Å². The summed E-state index contributed by atoms with van der Waals surface area (Å²) < 4.78 is 27.7. The summed E-state index contributed by atoms with van der Waals surface area (Å²) in [5.74, 6) is -1.45. The number of carbonyl (C=O) groups excluding carboxylic acids is 2. The zero-order chi connectivity index (χ0) is 19.4. The average molecular weight is 390 g/mol. The van der Waals surface area contributed by atoms with Crippen molar-refractivity contribution in [3.63, 3.8) is 0 Å². The SMILES string of the molecule is CC(SCC(=O)Nc1ccccc1N1CCCC1=O)c1c(F)cccc1F. The van der Waals surface area contributed by atoms with Crippen LogP contribution in [0.4, 0.5) is 20.2 Å². The molecule has 27 heavy (non-hydrogen) atoms. The van der Waals surface area contributed by atoms with Crippen molar-refractivity contribution in [2.75, 3.05) is 22.5 Å². The molecule has 1 atom stereocenters. The molecule has 1 unspecified atom stereocenters. The molecule has 1 N–H and O–H groups in total. The maximum absolute atomic E-state index is 13.8. The van der Waals surface area contributed by atoms with Gasteiger partial charge in [0.05, 0.1) is 17.1 Å². The smallest absolute Gasteiger partial charge is 0.234 e. The van der Waals surface area contributed by atoms with Crippen molar-refractivity contribution in [2.45, 2.75) is 25.0 Å². The Kier molecular flexibility index (Phi) is 6.11. The third-order valence-electron chi connectivity index (χ3n) is 4.41. The van der Waals surface area contributed by atoms with Crippen LogP contribution in [0.3, 0.4) is 0 Å². The molecule has 1 aliphatic heterocycles. The number of nitrogens with zero attached hydrogens (tertiary/aromatic N) is 1. The molecule has 142 valence electrons. The summed E-state index contributed by atoms with van der Waals surface area (Å²) in [5.41, 5.74) is 1.20. The van der Waals surface area contributed by atoms with Crippen molar-refractivity contribution >= 4 is 35.0 Å². The van der Waals surface area contributed by atoms with Crippen molar-refractivity contribution in [3.8, 4) is 0 Å². The second-order valence-corrected chi connectivity index (χ2v) is 7.63. The standard InChI is InChI=1S/C20H20F2N2O2S/c1-13(20-14(21)6-4-7-15(20)22)27-12-18(25)23-16-8-2-3-9-17(16)24-11-5-10-19(24)26/h2-4,6-9,13H,5,10-12H2,1H3,(H,23,25). The molecule has 2 aromatic rings. The number of benzene rings is 2. The van der Waals surface area contributed by atoms with Crippen LogP contribution in [0.1, 0.15) is 30.6 Å². The van der Waals surface area contributed by atoms with E-state index in [1.54, 1.807) is 30.0 Å². The van der Waals surface area contributed by atoms with Gasteiger partial charge in [0.15, 0.2) is 0 Å². The predicted octanol–water partition coefficient (Wildman–Crippen LogP) is 4.52. The summed E-state index contributed by atoms with van der Waals surface area (Å²) in [6, 6.07) is 10.9. The molecule has 0 aromatic heterocycles. The number of nitrogens with one attached hydrogen (secondary N) is 1. The Labute approximate surface area is 160 Å². The summed E-state index contributed by atoms with van der Waals surface area (Å²) in [6.45, 7) is 2.29. The number of anilines is 2. The molecule has 1 heterocycles. The van der Waals surface area contributed by atoms with Gasteiger partial charge >= 0.3 is 0 Å². The van der Waals surface area contributed by atoms with Gasteiger partial charge in [-0.05, 0) is 37.6 Å². The lowest BCUT2D eigenvalue weighted by Crippen LogP contribution is -2.26. The van der Waals surface area contributed by atoms with Crippen LogP contribution < -0.4 is 10.2 Å². The molecule has 0 radical (unpaired) electrons. The molecule has 0 spiro atoms. The van der Waals surface area contributed by atoms with Crippen molar-refractivity contribution in [1.82, 2.24) is 0 Å². The maximum atomic E-state index is 13.8. The van der Waals surface area contributed by atoms with E-state index in [0.29, 0.717) is 24.3 Å². The zero-order valence-corrected chi connectivity index (χ0v) is 15.7. The first-order valence-corrected chi connectivity index (χ1v) is 9.77. The highest BCUT2D eigenvalue weighted by Gasteiger charge is 2.24. The van der Waals surface area contributed by atoms with E-state index < -0.39 is 16.9 Å². The molecule has 0 bridgehead atoms. The Balaban J connectivity index is 1.64. The second-order valence-electron chi connectivity index (χ2n) is 6.30. The van der Waals surface area contributed by atoms with E-state index in [-0.39, 0.29) is 23.1 Å². The van der Waals surface area contributed by atoms with Crippen molar-refractivity contribution < 1.29 is 18.4 Å². The number of carbonyl (C=O) groups is 2. The fourth-order valence-electron chi connectivity index (χ4n) is 3.09. The van der Waals surface area contributed by atoms with E-state index >= 15 is 0 Å². The van der Waals surface area contributed by atoms with Gasteiger partial charge in [0.25, 0.3) is 0 Å². The minimum atomic E-state index is -0.617. The number of hydrogen-bond donors (Lipinski definition) is 1. The molecule has 1 aliphatic rings. The highest BCUT2D eigenvalue weighted by Crippen LogP contribution is 2.33. The maximum Gasteiger partial charge on any atom is 0.234 e. The van der Waals surface area contributed by atoms with Gasteiger partial charge in [0.1, 0.15) is 11.6 Å². The number of rotatable bonds is 6. The average Bonchev–Trinajstić information content (AvgIpc) is 3.06. The first kappa shape index (κ1) is 19.4. The van der Waals surface area contributed by atoms with E-state index in [0.717, 1.165) is 18.2 Å². The van der Waals surface area contributed by atoms with E-state index in [2.05, 4.69) is 5.32 Å². The molecule has 1 saturated heterocycles. The van der Waals surface area contributed by atoms with Gasteiger partial charge in [-0.25, -0.2) is 8.78 Å². The topological polar surface area (TPSA) is 49.4 Å². The second kappa shape index (κ2) is 8.52. The number of para-hydroxylation sites is 2. The van der Waals surface area contributed by atoms with Gasteiger partial charge in [0, 0.05) is 23.8 Å². The molecular weight excluding hydrogens is 370 g/mol. The van der Waals surface area contributed by atoms with E-state index in [1.165, 1.54) is 18.2 Å². The Morgan fingerprint density at radius 3 is 2.56 bits per heavy atom. The molecule has 4 nitrogen and oxygen atoms in total. The van der Waals surface area contributed by atoms with Gasteiger partial charge in [-0.2, -0.15) is 0 Å². The number of amides is 2. The van der Waals surface area contributed by atoms with Gasteiger partial charge < -0.3 is 10.2 Å². The number of halogens is 2. The summed E-state index contributed by atoms with van der Waals surface area (Å²) in [4.78, 5) is 26.0. The highest BCUT2D eigenvalue weighted by molar-refractivity contribution is 8.00. The van der Waals surface area contributed by atoms with Crippen LogP contribution in [0.2, 0.25) is 0 Å². The third kappa shape index (κ3) is 4.47. The van der Waals surface area contributed by atoms with Crippen LogP contribution in [-0.4, -0.2) is 24.1 Å². The third-order valence-corrected chi connectivity index (χ3v) is 5.58. The summed E-state index contributed by atoms with van der Waals surface area (Å²) in [6.07, 6.45) is 1.30. The minimum Gasteiger partial charge on any atom is -0.324 e. The van der Waals surface area contributed by atoms with Crippen LogP contribution >= 0.6 is 11.8 Å². The molecule has 2 amide bonds. The first-order chi connectivity index (χ1) is 13.0. The summed E-state index contributed by atoms with van der Waals surface area (Å²) in [5, 5.41) is 2.30. The Hall–Kier alpha value is -2.41. The van der Waals surface area contributed by atoms with Crippen LogP contribution in [-0.2, 0) is 9.59 Å². The first-order valence-electron chi connectivity index (χ1n) is 8.72. The van der Waals surface area contributed by atoms with Gasteiger partial charge in [0.2, 0.25) is 11.8 Å². The van der Waals surface area contributed by atoms with Crippen LogP contribution in [0.15, 0.2) is 42.5 Å². The molecule has 0 saturated carbocycles. The molecule has 7 heteroatoms. The van der Waals surface area contributed by atoms with Crippen molar-refractivity contribution in [1.29, 1.82) is 0 Å². The lowest BCUT2D eigenvalue weighted by Gasteiger charge is -2.20. The van der Waals surface area contributed by atoms with Crippen LogP contribution in [0, 0.1) is 11.6 Å². The molecule has 0 aliphatic carbocycles. The predicted molar refractivity (Wildman–Crippen MR) is 104 cm³/mol. The summed E-state index contributed by atoms with van der Waals surface area (Å²) in [7, 11) is 0. The normalized spacial score (nSPS) is 15.1. The van der Waals surface area contributed by atoms with Gasteiger partial charge in [-0.1, -0.05) is 18.2 Å². The molecule has 1 fully saturated rings. The quantitative estimate of drug-likeness (QED) is 0.789. The van der Waals surface area contributed by atoms with E-state index in [9.17, 15) is 18.4 Å². The molecule has 3 rings (SSSR count). The number of hydrogen-bond acceptors (Lipinski definition) is 3. The number of thioether (sulfide) groups is 1. The van der Waals surface area contributed by atoms with Gasteiger partial charge in [-0.15, -0.1) is 11.8 Å². The van der Waals surface area contributed by atoms with Crippen LogP contribution in [0.25, 0.3) is 0 Å². The fraction of sp³-hybridized carbons (Fsp3) is 0.300. The Morgan fingerprint density at radius 1 is 1.19 bits per heavy atom. The van der Waals surface area contributed by atoms with Crippen molar-refractivity contribution in [2.24, 2.45) is 0 Å². The fourth-order valence-corrected chi connectivity index (χ4v) is 3.95. The van der Waals surface area contributed by atoms with Crippen molar-refractivity contribution in [3.05, 3.63) is 59.7 Å². The molecule has 2 aromatic carbocycles. The monoisotopic (exact) mass is 390 g/mol. The Morgan fingerprint density at radius 2 is 1.89 bits per heavy atom. The van der Waals surface area contributed by atoms with E-state index in [1.807, 2.05) is 6.07 Å². The van der Waals surface area contributed by atoms with Crippen LogP contribution in [0.5, 0.6) is 0 Å². The summed E-state index contributed by atoms with van der Waals surface area (Å²) >= 11 is 1.15. The lowest BCUT2D eigenvalue weighted by atomic mass is 10.1. The molecular formula is C20H20F2N2O2S. The lowest BCUT2D eigenvalue weighted by molar-refractivity contribution is -0.117. The largest absolute Gasteiger partial charge is 0.324 e. The Bertz CT molecular complexity index is 839. The van der Waals surface area contributed by atoms with Gasteiger partial charge in [-0.3, -0.25) is 9.59 Å². The zero-order valence-electron chi connectivity index (χ0n) is 14.9. The minimum absolute atomic E-state index is 0.0293.